The molecule has 7 heteroatoms. The fourth-order valence-corrected chi connectivity index (χ4v) is 3.44. The van der Waals surface area contributed by atoms with Gasteiger partial charge in [-0.15, -0.1) is 16.4 Å². The molecule has 102 valence electrons. The molecule has 2 aromatic heterocycles. The minimum absolute atomic E-state index is 0.228. The van der Waals surface area contributed by atoms with Crippen LogP contribution in [0, 0.1) is 0 Å². The van der Waals surface area contributed by atoms with Gasteiger partial charge in [-0.05, 0) is 46.3 Å². The van der Waals surface area contributed by atoms with Crippen LogP contribution in [-0.2, 0) is 13.0 Å². The molecule has 1 N–H and O–H groups in total. The van der Waals surface area contributed by atoms with E-state index in [1.807, 2.05) is 6.07 Å². The molecule has 0 amide bonds. The summed E-state index contributed by atoms with van der Waals surface area (Å²) in [5.74, 6) is -0.954. The molecule has 0 saturated heterocycles. The number of carboxylic acid groups (broad SMARTS) is 1. The Labute approximate surface area is 127 Å². The van der Waals surface area contributed by atoms with Crippen LogP contribution in [0.1, 0.15) is 15.2 Å². The zero-order valence-corrected chi connectivity index (χ0v) is 12.7. The summed E-state index contributed by atoms with van der Waals surface area (Å²) in [6.07, 6.45) is 0.870. The molecule has 0 spiro atoms. The lowest BCUT2D eigenvalue weighted by atomic mass is 10.2. The summed E-state index contributed by atoms with van der Waals surface area (Å²) in [6, 6.07) is 8.98. The molecule has 0 aliphatic heterocycles. The first-order valence-electron chi connectivity index (χ1n) is 5.94. The predicted molar refractivity (Wildman–Crippen MR) is 80.2 cm³/mol. The van der Waals surface area contributed by atoms with Crippen molar-refractivity contribution in [2.24, 2.45) is 0 Å². The summed E-state index contributed by atoms with van der Waals surface area (Å²) in [7, 11) is 0. The second-order valence-corrected chi connectivity index (χ2v) is 6.82. The minimum Gasteiger partial charge on any atom is -0.478 e. The summed E-state index contributed by atoms with van der Waals surface area (Å²) in [5, 5.41) is 17.1. The van der Waals surface area contributed by atoms with Gasteiger partial charge in [0.05, 0.1) is 14.9 Å². The van der Waals surface area contributed by atoms with E-state index in [0.717, 1.165) is 22.3 Å². The number of fused-ring (bicyclic) bond motifs is 1. The van der Waals surface area contributed by atoms with E-state index in [2.05, 4.69) is 32.3 Å². The Kier molecular flexibility index (Phi) is 3.54. The van der Waals surface area contributed by atoms with Gasteiger partial charge >= 0.3 is 5.97 Å². The highest BCUT2D eigenvalue weighted by atomic mass is 79.9. The monoisotopic (exact) mass is 351 g/mol. The van der Waals surface area contributed by atoms with E-state index >= 15 is 0 Å². The standard InChI is InChI=1S/C13H10BrN3O2S/c14-12-4-2-9(20-12)5-6-17-11-3-1-8(13(18)19)7-10(11)15-16-17/h1-4,7H,5-6H2,(H,18,19). The highest BCUT2D eigenvalue weighted by Crippen LogP contribution is 2.23. The fraction of sp³-hybridized carbons (Fsp3) is 0.154. The van der Waals surface area contributed by atoms with Crippen molar-refractivity contribution in [2.75, 3.05) is 0 Å². The molecular formula is C13H10BrN3O2S. The normalized spacial score (nSPS) is 11.1. The molecule has 0 aliphatic carbocycles. The lowest BCUT2D eigenvalue weighted by Gasteiger charge is -2.01. The highest BCUT2D eigenvalue weighted by molar-refractivity contribution is 9.11. The maximum absolute atomic E-state index is 10.9. The van der Waals surface area contributed by atoms with Gasteiger partial charge < -0.3 is 5.11 Å². The van der Waals surface area contributed by atoms with E-state index < -0.39 is 5.97 Å². The molecule has 0 bridgehead atoms. The number of aryl methyl sites for hydroxylation is 2. The summed E-state index contributed by atoms with van der Waals surface area (Å²) < 4.78 is 2.91. The van der Waals surface area contributed by atoms with Gasteiger partial charge in [-0.2, -0.15) is 0 Å². The molecular weight excluding hydrogens is 342 g/mol. The quantitative estimate of drug-likeness (QED) is 0.783. The van der Waals surface area contributed by atoms with E-state index in [0.29, 0.717) is 5.52 Å². The number of halogens is 1. The molecule has 0 radical (unpaired) electrons. The maximum atomic E-state index is 10.9. The van der Waals surface area contributed by atoms with Crippen LogP contribution in [0.3, 0.4) is 0 Å². The van der Waals surface area contributed by atoms with Crippen molar-refractivity contribution in [3.05, 3.63) is 44.6 Å². The van der Waals surface area contributed by atoms with Crippen molar-refractivity contribution in [1.82, 2.24) is 15.0 Å². The van der Waals surface area contributed by atoms with Gasteiger partial charge in [0, 0.05) is 17.8 Å². The van der Waals surface area contributed by atoms with Gasteiger partial charge in [-0.3, -0.25) is 0 Å². The van der Waals surface area contributed by atoms with E-state index in [1.54, 1.807) is 34.2 Å². The Morgan fingerprint density at radius 3 is 2.90 bits per heavy atom. The van der Waals surface area contributed by atoms with Crippen molar-refractivity contribution >= 4 is 44.3 Å². The Bertz CT molecular complexity index is 781. The molecule has 20 heavy (non-hydrogen) atoms. The smallest absolute Gasteiger partial charge is 0.335 e. The van der Waals surface area contributed by atoms with Gasteiger partial charge in [0.15, 0.2) is 0 Å². The zero-order valence-electron chi connectivity index (χ0n) is 10.3. The number of rotatable bonds is 4. The van der Waals surface area contributed by atoms with E-state index in [1.165, 1.54) is 4.88 Å². The molecule has 0 atom stereocenters. The van der Waals surface area contributed by atoms with Crippen molar-refractivity contribution in [2.45, 2.75) is 13.0 Å². The number of nitrogens with zero attached hydrogens (tertiary/aromatic N) is 3. The molecule has 3 aromatic rings. The lowest BCUT2D eigenvalue weighted by Crippen LogP contribution is -2.02. The summed E-state index contributed by atoms with van der Waals surface area (Å²) in [5.41, 5.74) is 1.69. The van der Waals surface area contributed by atoms with Crippen LogP contribution in [0.4, 0.5) is 0 Å². The van der Waals surface area contributed by atoms with Crippen LogP contribution in [0.25, 0.3) is 11.0 Å². The Hall–Kier alpha value is -1.73. The first kappa shape index (κ1) is 13.3. The van der Waals surface area contributed by atoms with E-state index in [9.17, 15) is 4.79 Å². The molecule has 3 rings (SSSR count). The second-order valence-electron chi connectivity index (χ2n) is 4.28. The molecule has 0 saturated carbocycles. The molecule has 0 unspecified atom stereocenters. The van der Waals surface area contributed by atoms with Crippen LogP contribution in [-0.4, -0.2) is 26.1 Å². The zero-order chi connectivity index (χ0) is 14.1. The molecule has 2 heterocycles. The number of aromatic nitrogens is 3. The van der Waals surface area contributed by atoms with Crippen molar-refractivity contribution in [3.8, 4) is 0 Å². The fourth-order valence-electron chi connectivity index (χ4n) is 1.97. The summed E-state index contributed by atoms with van der Waals surface area (Å²) >= 11 is 5.14. The van der Waals surface area contributed by atoms with E-state index in [4.69, 9.17) is 5.11 Å². The number of carbonyl (C=O) groups is 1. The molecule has 1 aromatic carbocycles. The van der Waals surface area contributed by atoms with Crippen molar-refractivity contribution < 1.29 is 9.90 Å². The predicted octanol–water partition coefficient (Wildman–Crippen LogP) is 3.20. The van der Waals surface area contributed by atoms with Gasteiger partial charge in [0.1, 0.15) is 5.52 Å². The first-order valence-corrected chi connectivity index (χ1v) is 7.55. The molecule has 5 nitrogen and oxygen atoms in total. The van der Waals surface area contributed by atoms with Gasteiger partial charge in [-0.1, -0.05) is 5.21 Å². The third-order valence-electron chi connectivity index (χ3n) is 2.96. The molecule has 0 aliphatic rings. The van der Waals surface area contributed by atoms with E-state index in [-0.39, 0.29) is 5.56 Å². The second kappa shape index (κ2) is 5.34. The SMILES string of the molecule is O=C(O)c1ccc2c(c1)nnn2CCc1ccc(Br)s1. The van der Waals surface area contributed by atoms with Crippen molar-refractivity contribution in [3.63, 3.8) is 0 Å². The van der Waals surface area contributed by atoms with Gasteiger partial charge in [0.2, 0.25) is 0 Å². The number of hydrogen-bond donors (Lipinski definition) is 1. The lowest BCUT2D eigenvalue weighted by molar-refractivity contribution is 0.0697. The number of benzene rings is 1. The van der Waals surface area contributed by atoms with Crippen LogP contribution < -0.4 is 0 Å². The van der Waals surface area contributed by atoms with Crippen molar-refractivity contribution in [1.29, 1.82) is 0 Å². The maximum Gasteiger partial charge on any atom is 0.335 e. The van der Waals surface area contributed by atoms with Crippen LogP contribution in [0.2, 0.25) is 0 Å². The highest BCUT2D eigenvalue weighted by Gasteiger charge is 2.09. The topological polar surface area (TPSA) is 68.0 Å². The average molecular weight is 352 g/mol. The Morgan fingerprint density at radius 2 is 2.20 bits per heavy atom. The number of carboxylic acids is 1. The van der Waals surface area contributed by atoms with Gasteiger partial charge in [0.25, 0.3) is 0 Å². The Morgan fingerprint density at radius 1 is 1.35 bits per heavy atom. The van der Waals surface area contributed by atoms with Gasteiger partial charge in [-0.25, -0.2) is 9.48 Å². The largest absolute Gasteiger partial charge is 0.478 e. The number of hydrogen-bond acceptors (Lipinski definition) is 4. The first-order chi connectivity index (χ1) is 9.63. The third kappa shape index (κ3) is 2.59. The minimum atomic E-state index is -0.954. The average Bonchev–Trinajstić information content (AvgIpc) is 3.02. The van der Waals surface area contributed by atoms with Crippen LogP contribution in [0.5, 0.6) is 0 Å². The number of aromatic carboxylic acids is 1. The summed E-state index contributed by atoms with van der Waals surface area (Å²) in [6.45, 7) is 0.718. The Balaban J connectivity index is 1.83. The third-order valence-corrected chi connectivity index (χ3v) is 4.64. The molecule has 0 fully saturated rings. The summed E-state index contributed by atoms with van der Waals surface area (Å²) in [4.78, 5) is 12.2. The van der Waals surface area contributed by atoms with Crippen LogP contribution in [0.15, 0.2) is 34.1 Å². The number of thiophene rings is 1. The van der Waals surface area contributed by atoms with Crippen LogP contribution >= 0.6 is 27.3 Å².